The van der Waals surface area contributed by atoms with E-state index in [1.165, 1.54) is 0 Å². The maximum atomic E-state index is 12.9. The number of amides is 5. The highest BCUT2D eigenvalue weighted by Crippen LogP contribution is 2.39. The molecule has 4 atom stereocenters. The molecule has 3 saturated heterocycles. The van der Waals surface area contributed by atoms with Gasteiger partial charge in [0.2, 0.25) is 11.8 Å². The number of primary amides is 2. The van der Waals surface area contributed by atoms with Crippen LogP contribution >= 0.6 is 0 Å². The number of rotatable bonds is 21. The fraction of sp³-hybridized carbons (Fsp3) is 0.242. The molecule has 28 nitrogen and oxygen atoms in total. The van der Waals surface area contributed by atoms with E-state index in [9.17, 15) is 24.0 Å². The quantitative estimate of drug-likeness (QED) is 0.0519. The molecule has 3 fully saturated rings. The summed E-state index contributed by atoms with van der Waals surface area (Å²) < 4.78 is 30.5. The molecule has 119 heavy (non-hydrogen) atoms. The van der Waals surface area contributed by atoms with Crippen molar-refractivity contribution in [2.24, 2.45) is 30.4 Å². The van der Waals surface area contributed by atoms with Gasteiger partial charge in [0.1, 0.15) is 53.9 Å². The number of benzene rings is 5. The van der Waals surface area contributed by atoms with Gasteiger partial charge in [0.25, 0.3) is 17.7 Å². The molecule has 0 aliphatic carbocycles. The molecular formula is C91H89N19O9. The minimum atomic E-state index is -0.540. The second-order valence-electron chi connectivity index (χ2n) is 29.4. The van der Waals surface area contributed by atoms with Crippen molar-refractivity contribution in [3.63, 3.8) is 0 Å². The first-order chi connectivity index (χ1) is 57.9. The molecule has 602 valence electrons. The number of aryl methyl sites for hydroxylation is 3. The van der Waals surface area contributed by atoms with E-state index in [4.69, 9.17) is 30.4 Å². The number of carbonyl (C=O) groups excluding carboxylic acids is 5. The maximum absolute atomic E-state index is 12.9. The normalized spacial score (nSPS) is 15.1. The summed E-state index contributed by atoms with van der Waals surface area (Å²) in [4.78, 5) is 98.9. The van der Waals surface area contributed by atoms with E-state index < -0.39 is 11.8 Å². The molecule has 5 amide bonds. The van der Waals surface area contributed by atoms with Crippen LogP contribution in [0, 0.1) is 11.8 Å². The number of nitrogens with zero attached hydrogens (tertiary/aromatic N) is 15. The first-order valence-corrected chi connectivity index (χ1v) is 39.4. The minimum Gasteiger partial charge on any atom is -0.490 e. The topological polar surface area (TPSA) is 349 Å². The van der Waals surface area contributed by atoms with Gasteiger partial charge in [-0.1, -0.05) is 12.1 Å². The van der Waals surface area contributed by atoms with Gasteiger partial charge in [0.15, 0.2) is 5.65 Å². The van der Waals surface area contributed by atoms with Crippen LogP contribution in [0.5, 0.6) is 23.0 Å². The molecule has 13 heterocycles. The van der Waals surface area contributed by atoms with Crippen LogP contribution in [0.4, 0.5) is 0 Å². The van der Waals surface area contributed by atoms with Crippen molar-refractivity contribution in [1.29, 1.82) is 0 Å². The average Bonchev–Trinajstić information content (AvgIpc) is 1.17. The number of piperazine rings is 1. The lowest BCUT2D eigenvalue weighted by Gasteiger charge is -2.32. The summed E-state index contributed by atoms with van der Waals surface area (Å²) in [5.41, 5.74) is 26.0. The average molecular weight is 1590 g/mol. The molecule has 3 aliphatic heterocycles. The number of fused-ring (bicyclic) bond motifs is 5. The minimum absolute atomic E-state index is 0.0639. The summed E-state index contributed by atoms with van der Waals surface area (Å²) >= 11 is 0. The highest BCUT2D eigenvalue weighted by atomic mass is 16.5. The molecule has 0 unspecified atom stereocenters. The Morgan fingerprint density at radius 2 is 0.857 bits per heavy atom. The zero-order valence-corrected chi connectivity index (χ0v) is 66.7. The molecule has 28 heteroatoms. The van der Waals surface area contributed by atoms with E-state index in [1.54, 1.807) is 67.8 Å². The van der Waals surface area contributed by atoms with Gasteiger partial charge in [-0.25, -0.2) is 9.97 Å². The Morgan fingerprint density at radius 3 is 1.28 bits per heavy atom. The van der Waals surface area contributed by atoms with E-state index >= 15 is 0 Å². The van der Waals surface area contributed by atoms with Gasteiger partial charge in [0.05, 0.1) is 63.3 Å². The largest absolute Gasteiger partial charge is 0.490 e. The lowest BCUT2D eigenvalue weighted by atomic mass is 10.00. The Labute approximate surface area is 685 Å². The number of ether oxygens (including phenoxy) is 4. The number of pyridine rings is 7. The second kappa shape index (κ2) is 36.2. The predicted octanol–water partition coefficient (Wildman–Crippen LogP) is 12.7. The van der Waals surface area contributed by atoms with Crippen molar-refractivity contribution in [3.05, 3.63) is 254 Å². The highest BCUT2D eigenvalue weighted by molar-refractivity contribution is 5.98. The van der Waals surface area contributed by atoms with E-state index in [0.717, 1.165) is 150 Å². The van der Waals surface area contributed by atoms with Crippen molar-refractivity contribution in [3.8, 4) is 67.5 Å². The van der Waals surface area contributed by atoms with Gasteiger partial charge >= 0.3 is 0 Å². The van der Waals surface area contributed by atoms with Crippen molar-refractivity contribution in [2.75, 3.05) is 46.3 Å². The molecule has 0 bridgehead atoms. The van der Waals surface area contributed by atoms with Crippen molar-refractivity contribution in [2.45, 2.75) is 79.0 Å². The molecule has 3 aliphatic rings. The van der Waals surface area contributed by atoms with Crippen molar-refractivity contribution >= 4 is 84.3 Å². The second-order valence-corrected chi connectivity index (χ2v) is 29.4. The zero-order valence-electron chi connectivity index (χ0n) is 66.7. The Hall–Kier alpha value is -14.4. The summed E-state index contributed by atoms with van der Waals surface area (Å²) in [5, 5.41) is 18.1. The molecule has 0 saturated carbocycles. The third kappa shape index (κ3) is 18.6. The summed E-state index contributed by atoms with van der Waals surface area (Å²) in [7, 11) is 3.99. The SMILES string of the molecule is CCn1cc(-c2cc(OCc3ncccc3C(N)=O)c3cccnc3c2)cn1.CCn1cc(-c2cc(O[C@H](C)[C@H]3CNC(=O)C3)c3cccnc3c2)cn1.C[C@@H](Oc1cc(-c2ccc(C(=O)N3CCN(C)CC3)cc2)cc2ncccc12)[C@H]1CNC(=O)C1.Cn1cnc2cc(-c3cc(OCc4ncccc4C(N)=O)c4cccnc4c3)cnc21. The lowest BCUT2D eigenvalue weighted by molar-refractivity contribution is -0.120. The third-order valence-electron chi connectivity index (χ3n) is 21.5. The standard InChI is InChI=1S/C27H30N4O3.C23H18N6O2.C21H19N5O2.C20H22N4O2/c1-18(22-16-26(32)29-17-22)34-25-15-21(14-24-23(25)4-3-9-28-24)19-5-7-20(8-6-19)27(33)31-12-10-30(2)11-13-31;1-29-13-28-19-9-15(11-27-23(19)29)14-8-18-16(4-2-6-25-18)21(10-14)31-12-20-17(22(24)30)5-3-7-26-20;1-2-26-12-15(11-25-26)14-9-18-16(5-3-7-23-18)20(10-14)28-13-19-17(21(22)27)6-4-8-24-19;1-3-24-12-16(11-23-24)14-7-18-17(5-4-6-21-18)19(8-14)26-13(2)15-9-20(25)22-10-15/h3-9,14-15,18,22H,10-13,16-17H2,1-2H3,(H,29,32);2-11,13H,12H2,1H3,(H2,24,30);3-12H,2,13H2,1H3,(H2,22,27);4-8,11-13,15H,3,9-10H2,1-2H3,(H,22,25)/t18-,22-;;;13-,15-/m1..1/s1. The van der Waals surface area contributed by atoms with Crippen LogP contribution < -0.4 is 41.0 Å². The molecular weight excluding hydrogens is 1500 g/mol. The van der Waals surface area contributed by atoms with Gasteiger partial charge in [0, 0.05) is 184 Å². The number of aromatic nitrogens is 13. The molecule has 5 aromatic carbocycles. The highest BCUT2D eigenvalue weighted by Gasteiger charge is 2.31. The summed E-state index contributed by atoms with van der Waals surface area (Å²) in [6, 6.07) is 47.9. The number of nitrogens with two attached hydrogens (primary N) is 2. The Bertz CT molecular complexity index is 6240. The van der Waals surface area contributed by atoms with Crippen LogP contribution in [0.2, 0.25) is 0 Å². The molecule has 10 aromatic heterocycles. The van der Waals surface area contributed by atoms with E-state index in [0.29, 0.717) is 65.5 Å². The lowest BCUT2D eigenvalue weighted by Crippen LogP contribution is -2.47. The number of carbonyl (C=O) groups is 5. The Morgan fingerprint density at radius 1 is 0.454 bits per heavy atom. The number of likely N-dealkylation sites (N-methyl/N-ethyl adjacent to an activating group) is 1. The van der Waals surface area contributed by atoms with Gasteiger partial charge in [-0.3, -0.25) is 63.2 Å². The maximum Gasteiger partial charge on any atom is 0.253 e. The van der Waals surface area contributed by atoms with Crippen molar-refractivity contribution < 1.29 is 42.9 Å². The smallest absolute Gasteiger partial charge is 0.253 e. The van der Waals surface area contributed by atoms with Crippen LogP contribution in [-0.4, -0.2) is 162 Å². The number of hydrogen-bond acceptors (Lipinski definition) is 20. The van der Waals surface area contributed by atoms with E-state index in [1.807, 2.05) is 199 Å². The number of nitrogens with one attached hydrogen (secondary N) is 2. The molecule has 0 radical (unpaired) electrons. The number of imidazole rings is 1. The van der Waals surface area contributed by atoms with Crippen molar-refractivity contribution in [1.82, 2.24) is 84.4 Å². The van der Waals surface area contributed by atoms with Crippen LogP contribution in [-0.2, 0) is 42.9 Å². The fourth-order valence-corrected chi connectivity index (χ4v) is 14.6. The molecule has 18 rings (SSSR count). The first kappa shape index (κ1) is 79.8. The number of hydrogen-bond donors (Lipinski definition) is 4. The van der Waals surface area contributed by atoms with Crippen LogP contribution in [0.25, 0.3) is 99.3 Å². The molecule has 15 aromatic rings. The summed E-state index contributed by atoms with van der Waals surface area (Å²) in [5.74, 6) is 2.34. The van der Waals surface area contributed by atoms with E-state index in [2.05, 4.69) is 85.6 Å². The first-order valence-electron chi connectivity index (χ1n) is 39.4. The van der Waals surface area contributed by atoms with Gasteiger partial charge in [-0.15, -0.1) is 0 Å². The molecule has 6 N–H and O–H groups in total. The van der Waals surface area contributed by atoms with Gasteiger partial charge < -0.3 is 55.4 Å². The van der Waals surface area contributed by atoms with Crippen LogP contribution in [0.15, 0.2) is 226 Å². The fourth-order valence-electron chi connectivity index (χ4n) is 14.6. The van der Waals surface area contributed by atoms with E-state index in [-0.39, 0.29) is 55.0 Å². The summed E-state index contributed by atoms with van der Waals surface area (Å²) in [6.07, 6.45) is 22.3. The van der Waals surface area contributed by atoms with Gasteiger partial charge in [-0.2, -0.15) is 10.2 Å². The van der Waals surface area contributed by atoms with Gasteiger partial charge in [-0.05, 0) is 202 Å². The molecule has 0 spiro atoms. The zero-order chi connectivity index (χ0) is 82.6. The predicted molar refractivity (Wildman–Crippen MR) is 454 cm³/mol. The Kier molecular flexibility index (Phi) is 24.3. The Balaban J connectivity index is 0.000000124. The van der Waals surface area contributed by atoms with Crippen LogP contribution in [0.1, 0.15) is 83.0 Å². The third-order valence-corrected chi connectivity index (χ3v) is 21.5. The monoisotopic (exact) mass is 1590 g/mol. The summed E-state index contributed by atoms with van der Waals surface area (Å²) in [6.45, 7) is 14.6. The van der Waals surface area contributed by atoms with Crippen LogP contribution in [0.3, 0.4) is 0 Å².